The Kier molecular flexibility index (Phi) is 4.90. The molecule has 0 unspecified atom stereocenters. The number of rotatable bonds is 3. The SMILES string of the molecule is Cc1ccc([C@@H]2O[C@H](C)[C@@H](O)[C@H](O)[C@H]2O)cc1Cc1ccc2c(c1)C1(CCO2)CC1. The highest BCUT2D eigenvalue weighted by Gasteiger charge is 2.47. The van der Waals surface area contributed by atoms with E-state index < -0.39 is 30.5 Å². The van der Waals surface area contributed by atoms with Crippen LogP contribution in [0.5, 0.6) is 5.75 Å². The molecule has 1 saturated heterocycles. The molecule has 2 aromatic carbocycles. The fourth-order valence-corrected chi connectivity index (χ4v) is 4.99. The van der Waals surface area contributed by atoms with Crippen LogP contribution in [0.25, 0.3) is 0 Å². The fourth-order valence-electron chi connectivity index (χ4n) is 4.99. The molecule has 2 fully saturated rings. The highest BCUT2D eigenvalue weighted by molar-refractivity contribution is 5.48. The molecule has 2 heterocycles. The Labute approximate surface area is 177 Å². The fraction of sp³-hybridized carbons (Fsp3) is 0.520. The zero-order chi connectivity index (χ0) is 21.0. The first-order chi connectivity index (χ1) is 14.4. The molecule has 1 aliphatic carbocycles. The molecule has 5 atom stereocenters. The smallest absolute Gasteiger partial charge is 0.123 e. The van der Waals surface area contributed by atoms with Crippen LogP contribution in [0.4, 0.5) is 0 Å². The van der Waals surface area contributed by atoms with Gasteiger partial charge in [0.25, 0.3) is 0 Å². The van der Waals surface area contributed by atoms with E-state index in [4.69, 9.17) is 9.47 Å². The van der Waals surface area contributed by atoms with Crippen LogP contribution in [0.1, 0.15) is 60.1 Å². The molecule has 2 aromatic rings. The van der Waals surface area contributed by atoms with Crippen molar-refractivity contribution in [2.75, 3.05) is 6.61 Å². The lowest BCUT2D eigenvalue weighted by atomic mass is 9.86. The van der Waals surface area contributed by atoms with Gasteiger partial charge in [0.05, 0.1) is 12.7 Å². The number of fused-ring (bicyclic) bond motifs is 2. The molecular weight excluding hydrogens is 380 g/mol. The van der Waals surface area contributed by atoms with Gasteiger partial charge in [-0.2, -0.15) is 0 Å². The second kappa shape index (κ2) is 7.34. The third-order valence-electron chi connectivity index (χ3n) is 7.26. The van der Waals surface area contributed by atoms with Gasteiger partial charge in [0.1, 0.15) is 30.2 Å². The van der Waals surface area contributed by atoms with Crippen molar-refractivity contribution in [1.82, 2.24) is 0 Å². The summed E-state index contributed by atoms with van der Waals surface area (Å²) in [5, 5.41) is 30.6. The summed E-state index contributed by atoms with van der Waals surface area (Å²) in [5.41, 5.74) is 6.11. The average Bonchev–Trinajstić information content (AvgIpc) is 3.51. The van der Waals surface area contributed by atoms with Crippen LogP contribution < -0.4 is 4.74 Å². The number of benzene rings is 2. The highest BCUT2D eigenvalue weighted by atomic mass is 16.5. The summed E-state index contributed by atoms with van der Waals surface area (Å²) in [5.74, 6) is 1.04. The Balaban J connectivity index is 1.42. The zero-order valence-electron chi connectivity index (χ0n) is 17.5. The highest BCUT2D eigenvalue weighted by Crippen LogP contribution is 2.56. The van der Waals surface area contributed by atoms with E-state index in [1.165, 1.54) is 29.5 Å². The van der Waals surface area contributed by atoms with Crippen molar-refractivity contribution >= 4 is 0 Å². The molecule has 5 nitrogen and oxygen atoms in total. The molecule has 2 aliphatic heterocycles. The molecule has 0 radical (unpaired) electrons. The third kappa shape index (κ3) is 3.34. The number of aryl methyl sites for hydroxylation is 1. The van der Waals surface area contributed by atoms with E-state index in [1.807, 2.05) is 12.1 Å². The monoisotopic (exact) mass is 410 g/mol. The van der Waals surface area contributed by atoms with Gasteiger partial charge in [-0.15, -0.1) is 0 Å². The van der Waals surface area contributed by atoms with E-state index in [1.54, 1.807) is 6.92 Å². The maximum atomic E-state index is 10.5. The zero-order valence-corrected chi connectivity index (χ0v) is 17.5. The van der Waals surface area contributed by atoms with Gasteiger partial charge in [-0.25, -0.2) is 0 Å². The van der Waals surface area contributed by atoms with E-state index in [0.29, 0.717) is 5.41 Å². The molecule has 1 saturated carbocycles. The molecule has 5 heteroatoms. The van der Waals surface area contributed by atoms with E-state index in [2.05, 4.69) is 31.2 Å². The van der Waals surface area contributed by atoms with Crippen LogP contribution in [-0.4, -0.2) is 46.3 Å². The molecule has 1 spiro atoms. The second-order valence-electron chi connectivity index (χ2n) is 9.31. The summed E-state index contributed by atoms with van der Waals surface area (Å²) in [6, 6.07) is 12.6. The van der Waals surface area contributed by atoms with Crippen LogP contribution in [0.3, 0.4) is 0 Å². The first-order valence-corrected chi connectivity index (χ1v) is 10.9. The van der Waals surface area contributed by atoms with Gasteiger partial charge in [-0.3, -0.25) is 0 Å². The summed E-state index contributed by atoms with van der Waals surface area (Å²) in [7, 11) is 0. The van der Waals surface area contributed by atoms with Gasteiger partial charge in [-0.05, 0) is 67.9 Å². The van der Waals surface area contributed by atoms with Crippen molar-refractivity contribution in [2.24, 2.45) is 0 Å². The second-order valence-corrected chi connectivity index (χ2v) is 9.31. The normalized spacial score (nSPS) is 31.8. The molecule has 0 bridgehead atoms. The minimum absolute atomic E-state index is 0.341. The quantitative estimate of drug-likeness (QED) is 0.725. The van der Waals surface area contributed by atoms with Gasteiger partial charge in [-0.1, -0.05) is 30.3 Å². The van der Waals surface area contributed by atoms with Crippen LogP contribution in [0.2, 0.25) is 0 Å². The van der Waals surface area contributed by atoms with Crippen LogP contribution >= 0.6 is 0 Å². The lowest BCUT2D eigenvalue weighted by molar-refractivity contribution is -0.219. The Morgan fingerprint density at radius 1 is 0.967 bits per heavy atom. The maximum Gasteiger partial charge on any atom is 0.123 e. The first kappa shape index (κ1) is 20.0. The van der Waals surface area contributed by atoms with Gasteiger partial charge in [0.2, 0.25) is 0 Å². The molecular formula is C25H30O5. The maximum absolute atomic E-state index is 10.5. The van der Waals surface area contributed by atoms with E-state index >= 15 is 0 Å². The molecule has 3 aliphatic rings. The lowest BCUT2D eigenvalue weighted by Gasteiger charge is -2.39. The van der Waals surface area contributed by atoms with Crippen molar-refractivity contribution in [1.29, 1.82) is 0 Å². The van der Waals surface area contributed by atoms with E-state index in [0.717, 1.165) is 36.3 Å². The van der Waals surface area contributed by atoms with E-state index in [9.17, 15) is 15.3 Å². The molecule has 3 N–H and O–H groups in total. The summed E-state index contributed by atoms with van der Waals surface area (Å²) in [4.78, 5) is 0. The number of aliphatic hydroxyl groups excluding tert-OH is 3. The minimum Gasteiger partial charge on any atom is -0.493 e. The summed E-state index contributed by atoms with van der Waals surface area (Å²) < 4.78 is 11.7. The van der Waals surface area contributed by atoms with Crippen molar-refractivity contribution in [3.63, 3.8) is 0 Å². The van der Waals surface area contributed by atoms with Crippen LogP contribution in [0.15, 0.2) is 36.4 Å². The van der Waals surface area contributed by atoms with Gasteiger partial charge in [0.15, 0.2) is 0 Å². The summed E-state index contributed by atoms with van der Waals surface area (Å²) in [6.45, 7) is 4.61. The minimum atomic E-state index is -1.22. The number of ether oxygens (including phenoxy) is 2. The Morgan fingerprint density at radius 3 is 2.53 bits per heavy atom. The molecule has 0 aromatic heterocycles. The van der Waals surface area contributed by atoms with Crippen molar-refractivity contribution < 1.29 is 24.8 Å². The van der Waals surface area contributed by atoms with E-state index in [-0.39, 0.29) is 0 Å². The van der Waals surface area contributed by atoms with Gasteiger partial charge >= 0.3 is 0 Å². The molecule has 5 rings (SSSR count). The average molecular weight is 411 g/mol. The standard InChI is InChI=1S/C25H30O5/c1-14-3-5-17(24-23(28)22(27)21(26)15(2)30-24)13-18(14)11-16-4-6-20-19(12-16)25(7-8-25)9-10-29-20/h3-6,12-13,15,21-24,26-28H,7-11H2,1-2H3/t15-,21-,22+,23-,24+/m1/s1. The lowest BCUT2D eigenvalue weighted by Crippen LogP contribution is -2.53. The molecule has 160 valence electrons. The Morgan fingerprint density at radius 2 is 1.77 bits per heavy atom. The number of hydrogen-bond acceptors (Lipinski definition) is 5. The van der Waals surface area contributed by atoms with Crippen LogP contribution in [0, 0.1) is 6.92 Å². The summed E-state index contributed by atoms with van der Waals surface area (Å²) in [6.07, 6.45) is -0.281. The van der Waals surface area contributed by atoms with Crippen molar-refractivity contribution in [3.8, 4) is 5.75 Å². The molecule has 30 heavy (non-hydrogen) atoms. The van der Waals surface area contributed by atoms with Crippen molar-refractivity contribution in [3.05, 3.63) is 64.2 Å². The Hall–Kier alpha value is -1.92. The predicted molar refractivity (Wildman–Crippen MR) is 113 cm³/mol. The number of hydrogen-bond donors (Lipinski definition) is 3. The topological polar surface area (TPSA) is 79.2 Å². The predicted octanol–water partition coefficient (Wildman–Crippen LogP) is 2.94. The van der Waals surface area contributed by atoms with Crippen LogP contribution in [-0.2, 0) is 16.6 Å². The van der Waals surface area contributed by atoms with Gasteiger partial charge in [0, 0.05) is 11.0 Å². The summed E-state index contributed by atoms with van der Waals surface area (Å²) >= 11 is 0. The van der Waals surface area contributed by atoms with Crippen molar-refractivity contribution in [2.45, 2.75) is 75.5 Å². The largest absolute Gasteiger partial charge is 0.493 e. The van der Waals surface area contributed by atoms with Gasteiger partial charge < -0.3 is 24.8 Å². The third-order valence-corrected chi connectivity index (χ3v) is 7.26. The first-order valence-electron chi connectivity index (χ1n) is 10.9. The molecule has 0 amide bonds. The Bertz CT molecular complexity index is 951. The number of aliphatic hydroxyl groups is 3.